The molecular formula is C29H35N7O7. The molecule has 14 nitrogen and oxygen atoms in total. The fourth-order valence-electron chi connectivity index (χ4n) is 4.23. The molecule has 228 valence electrons. The van der Waals surface area contributed by atoms with Crippen LogP contribution in [0.25, 0.3) is 0 Å². The maximum Gasteiger partial charge on any atom is 0.326 e. The number of benzene rings is 2. The number of aromatic hydroxyl groups is 1. The molecule has 2 aromatic carbocycles. The van der Waals surface area contributed by atoms with Crippen molar-refractivity contribution in [2.24, 2.45) is 11.5 Å². The number of aromatic nitrogens is 2. The zero-order chi connectivity index (χ0) is 31.4. The third-order valence-electron chi connectivity index (χ3n) is 6.55. The summed E-state index contributed by atoms with van der Waals surface area (Å²) in [6.45, 7) is 0. The monoisotopic (exact) mass is 593 g/mol. The van der Waals surface area contributed by atoms with Gasteiger partial charge >= 0.3 is 5.97 Å². The van der Waals surface area contributed by atoms with Gasteiger partial charge in [-0.05, 0) is 29.7 Å². The quantitative estimate of drug-likeness (QED) is 0.104. The van der Waals surface area contributed by atoms with Gasteiger partial charge in [-0.3, -0.25) is 19.2 Å². The van der Waals surface area contributed by atoms with E-state index in [-0.39, 0.29) is 37.9 Å². The number of nitrogens with zero attached hydrogens (tertiary/aromatic N) is 1. The molecule has 4 amide bonds. The maximum absolute atomic E-state index is 13.6. The number of phenolic OH excluding ortho intramolecular Hbond substituents is 1. The van der Waals surface area contributed by atoms with E-state index in [2.05, 4.69) is 25.9 Å². The predicted molar refractivity (Wildman–Crippen MR) is 154 cm³/mol. The average Bonchev–Trinajstić information content (AvgIpc) is 3.48. The summed E-state index contributed by atoms with van der Waals surface area (Å²) < 4.78 is 0. The molecule has 4 atom stereocenters. The van der Waals surface area contributed by atoms with Crippen LogP contribution < -0.4 is 27.4 Å². The van der Waals surface area contributed by atoms with Crippen molar-refractivity contribution in [3.8, 4) is 5.75 Å². The molecule has 14 heteroatoms. The van der Waals surface area contributed by atoms with Gasteiger partial charge in [-0.2, -0.15) is 0 Å². The number of phenols is 1. The Morgan fingerprint density at radius 1 is 0.791 bits per heavy atom. The molecule has 0 saturated heterocycles. The number of rotatable bonds is 16. The zero-order valence-corrected chi connectivity index (χ0v) is 23.2. The molecule has 0 spiro atoms. The topological polar surface area (TPSA) is 243 Å². The van der Waals surface area contributed by atoms with Crippen molar-refractivity contribution in [1.29, 1.82) is 0 Å². The van der Waals surface area contributed by atoms with E-state index in [1.54, 1.807) is 42.5 Å². The average molecular weight is 594 g/mol. The molecule has 0 radical (unpaired) electrons. The fourth-order valence-corrected chi connectivity index (χ4v) is 4.23. The van der Waals surface area contributed by atoms with Gasteiger partial charge < -0.3 is 42.6 Å². The minimum atomic E-state index is -1.44. The van der Waals surface area contributed by atoms with Crippen molar-refractivity contribution in [2.75, 3.05) is 0 Å². The lowest BCUT2D eigenvalue weighted by molar-refractivity contribution is -0.142. The molecule has 0 aliphatic rings. The van der Waals surface area contributed by atoms with Crippen molar-refractivity contribution in [3.63, 3.8) is 0 Å². The number of aromatic amines is 1. The first-order valence-electron chi connectivity index (χ1n) is 13.5. The van der Waals surface area contributed by atoms with Crippen LogP contribution in [-0.2, 0) is 43.2 Å². The van der Waals surface area contributed by atoms with Crippen molar-refractivity contribution >= 4 is 29.6 Å². The number of carboxylic acids is 1. The van der Waals surface area contributed by atoms with Crippen molar-refractivity contribution in [3.05, 3.63) is 83.9 Å². The molecule has 0 bridgehead atoms. The van der Waals surface area contributed by atoms with Crippen LogP contribution in [0.5, 0.6) is 5.75 Å². The van der Waals surface area contributed by atoms with Crippen LogP contribution in [0.1, 0.15) is 29.7 Å². The van der Waals surface area contributed by atoms with Gasteiger partial charge in [0.2, 0.25) is 23.6 Å². The largest absolute Gasteiger partial charge is 0.508 e. The van der Waals surface area contributed by atoms with Crippen LogP contribution in [0, 0.1) is 0 Å². The summed E-state index contributed by atoms with van der Waals surface area (Å²) in [7, 11) is 0. The van der Waals surface area contributed by atoms with Gasteiger partial charge in [0.1, 0.15) is 23.9 Å². The maximum atomic E-state index is 13.6. The molecule has 0 aliphatic carbocycles. The van der Waals surface area contributed by atoms with Crippen LogP contribution >= 0.6 is 0 Å². The lowest BCUT2D eigenvalue weighted by Gasteiger charge is -2.25. The Balaban J connectivity index is 1.83. The van der Waals surface area contributed by atoms with Crippen molar-refractivity contribution in [2.45, 2.75) is 56.3 Å². The second-order valence-corrected chi connectivity index (χ2v) is 9.97. The molecule has 3 rings (SSSR count). The molecule has 10 N–H and O–H groups in total. The van der Waals surface area contributed by atoms with E-state index in [1.165, 1.54) is 24.7 Å². The van der Waals surface area contributed by atoms with E-state index < -0.39 is 53.8 Å². The Hall–Kier alpha value is -5.24. The Bertz CT molecular complexity index is 1380. The van der Waals surface area contributed by atoms with E-state index in [0.717, 1.165) is 5.56 Å². The zero-order valence-electron chi connectivity index (χ0n) is 23.2. The third kappa shape index (κ3) is 10.6. The third-order valence-corrected chi connectivity index (χ3v) is 6.55. The second-order valence-electron chi connectivity index (χ2n) is 9.97. The van der Waals surface area contributed by atoms with Gasteiger partial charge in [0.15, 0.2) is 0 Å². The lowest BCUT2D eigenvalue weighted by atomic mass is 10.0. The Kier molecular flexibility index (Phi) is 11.8. The standard InChI is InChI=1S/C29H35N7O7/c30-21(14-19-15-32-16-33-19)26(39)35-23(12-17-4-2-1-3-5-17)28(41)36-24(13-18-6-8-20(37)9-7-18)27(40)34-22(29(42)43)10-11-25(31)38/h1-9,15-16,21-24,37H,10-14,30H2,(H2,31,38)(H,32,33)(H,34,40)(H,35,39)(H,36,41)(H,42,43). The van der Waals surface area contributed by atoms with E-state index in [4.69, 9.17) is 11.5 Å². The fraction of sp³-hybridized carbons (Fsp3) is 0.310. The van der Waals surface area contributed by atoms with Crippen molar-refractivity contribution < 1.29 is 34.2 Å². The van der Waals surface area contributed by atoms with E-state index in [9.17, 15) is 34.2 Å². The van der Waals surface area contributed by atoms with Gasteiger partial charge in [-0.25, -0.2) is 9.78 Å². The van der Waals surface area contributed by atoms with Crippen molar-refractivity contribution in [1.82, 2.24) is 25.9 Å². The van der Waals surface area contributed by atoms with Gasteiger partial charge in [0.25, 0.3) is 0 Å². The molecule has 4 unspecified atom stereocenters. The number of carboxylic acid groups (broad SMARTS) is 1. The summed E-state index contributed by atoms with van der Waals surface area (Å²) in [5, 5.41) is 26.9. The summed E-state index contributed by atoms with van der Waals surface area (Å²) in [5.41, 5.74) is 13.1. The number of hydrogen-bond acceptors (Lipinski definition) is 8. The molecule has 0 aliphatic heterocycles. The number of H-pyrrole nitrogens is 1. The highest BCUT2D eigenvalue weighted by atomic mass is 16.4. The molecular weight excluding hydrogens is 558 g/mol. The Morgan fingerprint density at radius 2 is 1.35 bits per heavy atom. The van der Waals surface area contributed by atoms with E-state index in [0.29, 0.717) is 11.3 Å². The highest BCUT2D eigenvalue weighted by Crippen LogP contribution is 2.13. The Labute approximate surface area is 247 Å². The predicted octanol–water partition coefficient (Wildman–Crippen LogP) is -0.725. The number of nitrogens with two attached hydrogens (primary N) is 2. The number of aliphatic carboxylic acids is 1. The normalized spacial score (nSPS) is 13.6. The van der Waals surface area contributed by atoms with Crippen LogP contribution in [0.15, 0.2) is 67.1 Å². The van der Waals surface area contributed by atoms with E-state index in [1.807, 2.05) is 0 Å². The SMILES string of the molecule is NC(=O)CCC(NC(=O)C(Cc1ccc(O)cc1)NC(=O)C(Cc1ccccc1)NC(=O)C(N)Cc1cnc[nH]1)C(=O)O. The highest BCUT2D eigenvalue weighted by molar-refractivity contribution is 5.94. The number of carbonyl (C=O) groups excluding carboxylic acids is 4. The number of hydrogen-bond donors (Lipinski definition) is 8. The van der Waals surface area contributed by atoms with Crippen LogP contribution in [0.2, 0.25) is 0 Å². The van der Waals surface area contributed by atoms with E-state index >= 15 is 0 Å². The second kappa shape index (κ2) is 15.7. The smallest absolute Gasteiger partial charge is 0.326 e. The summed E-state index contributed by atoms with van der Waals surface area (Å²) in [6, 6.07) is 9.88. The first-order valence-corrected chi connectivity index (χ1v) is 13.5. The number of primary amides is 1. The molecule has 1 heterocycles. The minimum absolute atomic E-state index is 0.0108. The molecule has 3 aromatic rings. The lowest BCUT2D eigenvalue weighted by Crippen LogP contribution is -2.58. The summed E-state index contributed by atoms with van der Waals surface area (Å²) >= 11 is 0. The van der Waals surface area contributed by atoms with Gasteiger partial charge in [-0.15, -0.1) is 0 Å². The van der Waals surface area contributed by atoms with Crippen LogP contribution in [0.3, 0.4) is 0 Å². The Morgan fingerprint density at radius 3 is 1.88 bits per heavy atom. The summed E-state index contributed by atoms with van der Waals surface area (Å²) in [4.78, 5) is 69.7. The van der Waals surface area contributed by atoms with Crippen LogP contribution in [0.4, 0.5) is 0 Å². The summed E-state index contributed by atoms with van der Waals surface area (Å²) in [6.07, 6.45) is 2.58. The van der Waals surface area contributed by atoms with Gasteiger partial charge in [-0.1, -0.05) is 42.5 Å². The number of imidazole rings is 1. The highest BCUT2D eigenvalue weighted by Gasteiger charge is 2.31. The first kappa shape index (κ1) is 32.3. The molecule has 0 fully saturated rings. The minimum Gasteiger partial charge on any atom is -0.508 e. The molecule has 43 heavy (non-hydrogen) atoms. The van der Waals surface area contributed by atoms with Crippen LogP contribution in [-0.4, -0.2) is 73.9 Å². The molecule has 0 saturated carbocycles. The van der Waals surface area contributed by atoms with Gasteiger partial charge in [0, 0.05) is 37.6 Å². The number of nitrogens with one attached hydrogen (secondary N) is 4. The van der Waals surface area contributed by atoms with Gasteiger partial charge in [0.05, 0.1) is 12.4 Å². The number of amides is 4. The number of carbonyl (C=O) groups is 5. The molecule has 1 aromatic heterocycles. The first-order chi connectivity index (χ1) is 20.5. The summed E-state index contributed by atoms with van der Waals surface area (Å²) in [5.74, 6) is -4.29.